The third-order valence-corrected chi connectivity index (χ3v) is 3.81. The van der Waals surface area contributed by atoms with Crippen molar-refractivity contribution in [3.05, 3.63) is 44.1 Å². The molecular formula is C11H9Cl2FN2S. The Hall–Kier alpha value is -0.840. The number of anilines is 1. The standard InChI is InChI=1S/C11H9Cl2FN2S/c1-6-10(17-5-16-6)4-15-11-8(12)2-7(14)3-9(11)13/h2-3,5,15H,4H2,1H3. The van der Waals surface area contributed by atoms with Crippen molar-refractivity contribution in [2.75, 3.05) is 5.32 Å². The van der Waals surface area contributed by atoms with Crippen molar-refractivity contribution in [2.24, 2.45) is 0 Å². The van der Waals surface area contributed by atoms with Crippen molar-refractivity contribution in [3.8, 4) is 0 Å². The second-order valence-corrected chi connectivity index (χ2v) is 5.21. The minimum atomic E-state index is -0.445. The SMILES string of the molecule is Cc1ncsc1CNc1c(Cl)cc(F)cc1Cl. The zero-order valence-corrected chi connectivity index (χ0v) is 11.3. The van der Waals surface area contributed by atoms with Crippen LogP contribution in [0, 0.1) is 12.7 Å². The molecule has 0 bridgehead atoms. The number of benzene rings is 1. The Labute approximate surface area is 112 Å². The summed E-state index contributed by atoms with van der Waals surface area (Å²) in [5.41, 5.74) is 3.29. The van der Waals surface area contributed by atoms with Gasteiger partial charge < -0.3 is 5.32 Å². The maximum Gasteiger partial charge on any atom is 0.126 e. The number of rotatable bonds is 3. The molecule has 0 saturated heterocycles. The van der Waals surface area contributed by atoms with Gasteiger partial charge in [0.05, 0.1) is 33.5 Å². The Balaban J connectivity index is 2.17. The van der Waals surface area contributed by atoms with Gasteiger partial charge in [0.1, 0.15) is 5.82 Å². The zero-order valence-electron chi connectivity index (χ0n) is 8.93. The average molecular weight is 291 g/mol. The van der Waals surface area contributed by atoms with E-state index in [0.717, 1.165) is 10.6 Å². The van der Waals surface area contributed by atoms with E-state index < -0.39 is 5.82 Å². The van der Waals surface area contributed by atoms with Crippen molar-refractivity contribution in [1.29, 1.82) is 0 Å². The summed E-state index contributed by atoms with van der Waals surface area (Å²) in [6.45, 7) is 2.50. The van der Waals surface area contributed by atoms with Crippen LogP contribution in [0.1, 0.15) is 10.6 Å². The normalized spacial score (nSPS) is 10.6. The smallest absolute Gasteiger partial charge is 0.126 e. The molecule has 2 rings (SSSR count). The predicted molar refractivity (Wildman–Crippen MR) is 70.6 cm³/mol. The van der Waals surface area contributed by atoms with E-state index in [4.69, 9.17) is 23.2 Å². The lowest BCUT2D eigenvalue weighted by molar-refractivity contribution is 0.628. The zero-order chi connectivity index (χ0) is 12.4. The topological polar surface area (TPSA) is 24.9 Å². The van der Waals surface area contributed by atoms with Gasteiger partial charge in [0.2, 0.25) is 0 Å². The molecule has 2 nitrogen and oxygen atoms in total. The van der Waals surface area contributed by atoms with Crippen molar-refractivity contribution in [1.82, 2.24) is 4.98 Å². The number of halogens is 3. The van der Waals surface area contributed by atoms with Crippen LogP contribution >= 0.6 is 34.5 Å². The first-order chi connectivity index (χ1) is 8.08. The maximum atomic E-state index is 13.0. The van der Waals surface area contributed by atoms with E-state index in [0.29, 0.717) is 12.2 Å². The lowest BCUT2D eigenvalue weighted by Gasteiger charge is -2.09. The molecule has 90 valence electrons. The van der Waals surface area contributed by atoms with Crippen LogP contribution in [0.2, 0.25) is 10.0 Å². The summed E-state index contributed by atoms with van der Waals surface area (Å²) >= 11 is 13.4. The molecule has 1 aromatic carbocycles. The lowest BCUT2D eigenvalue weighted by Crippen LogP contribution is -2.00. The van der Waals surface area contributed by atoms with Crippen LogP contribution in [0.4, 0.5) is 10.1 Å². The molecule has 2 aromatic rings. The van der Waals surface area contributed by atoms with Gasteiger partial charge in [-0.2, -0.15) is 0 Å². The highest BCUT2D eigenvalue weighted by molar-refractivity contribution is 7.09. The third-order valence-electron chi connectivity index (χ3n) is 2.28. The highest BCUT2D eigenvalue weighted by Gasteiger charge is 2.09. The fourth-order valence-electron chi connectivity index (χ4n) is 1.38. The fraction of sp³-hybridized carbons (Fsp3) is 0.182. The Morgan fingerprint density at radius 3 is 2.53 bits per heavy atom. The molecule has 0 aliphatic heterocycles. The van der Waals surface area contributed by atoms with Crippen LogP contribution in [0.5, 0.6) is 0 Å². The molecule has 1 heterocycles. The molecule has 0 saturated carbocycles. The minimum absolute atomic E-state index is 0.275. The average Bonchev–Trinajstić information content (AvgIpc) is 2.62. The molecular weight excluding hydrogens is 282 g/mol. The predicted octanol–water partition coefficient (Wildman–Crippen LogP) is 4.51. The van der Waals surface area contributed by atoms with Crippen LogP contribution in [0.3, 0.4) is 0 Å². The summed E-state index contributed by atoms with van der Waals surface area (Å²) in [5, 5.41) is 3.64. The molecule has 0 aliphatic carbocycles. The summed E-state index contributed by atoms with van der Waals surface area (Å²) in [6, 6.07) is 2.46. The van der Waals surface area contributed by atoms with Crippen molar-refractivity contribution in [3.63, 3.8) is 0 Å². The second-order valence-electron chi connectivity index (χ2n) is 3.46. The molecule has 17 heavy (non-hydrogen) atoms. The fourth-order valence-corrected chi connectivity index (χ4v) is 2.69. The quantitative estimate of drug-likeness (QED) is 0.900. The van der Waals surface area contributed by atoms with Gasteiger partial charge in [-0.3, -0.25) is 0 Å². The molecule has 6 heteroatoms. The van der Waals surface area contributed by atoms with E-state index in [2.05, 4.69) is 10.3 Å². The molecule has 0 unspecified atom stereocenters. The molecule has 1 N–H and O–H groups in total. The van der Waals surface area contributed by atoms with E-state index in [1.54, 1.807) is 16.8 Å². The molecule has 0 spiro atoms. The van der Waals surface area contributed by atoms with Gasteiger partial charge in [-0.25, -0.2) is 9.37 Å². The Kier molecular flexibility index (Phi) is 3.86. The van der Waals surface area contributed by atoms with Crippen LogP contribution in [-0.4, -0.2) is 4.98 Å². The van der Waals surface area contributed by atoms with Crippen LogP contribution in [-0.2, 0) is 6.54 Å². The van der Waals surface area contributed by atoms with Crippen LogP contribution in [0.15, 0.2) is 17.6 Å². The summed E-state index contributed by atoms with van der Waals surface area (Å²) in [6.07, 6.45) is 0. The van der Waals surface area contributed by atoms with Crippen LogP contribution < -0.4 is 5.32 Å². The third kappa shape index (κ3) is 2.89. The highest BCUT2D eigenvalue weighted by Crippen LogP contribution is 2.32. The van der Waals surface area contributed by atoms with Crippen LogP contribution in [0.25, 0.3) is 0 Å². The Morgan fingerprint density at radius 1 is 1.35 bits per heavy atom. The molecule has 0 aliphatic rings. The monoisotopic (exact) mass is 290 g/mol. The van der Waals surface area contributed by atoms with Gasteiger partial charge in [-0.05, 0) is 19.1 Å². The van der Waals surface area contributed by atoms with Gasteiger partial charge in [-0.15, -0.1) is 11.3 Å². The number of aromatic nitrogens is 1. The van der Waals surface area contributed by atoms with Crippen molar-refractivity contribution in [2.45, 2.75) is 13.5 Å². The molecule has 0 amide bonds. The lowest BCUT2D eigenvalue weighted by atomic mass is 10.3. The Bertz CT molecular complexity index is 519. The summed E-state index contributed by atoms with van der Waals surface area (Å²) in [4.78, 5) is 5.24. The molecule has 1 aromatic heterocycles. The van der Waals surface area contributed by atoms with Crippen molar-refractivity contribution < 1.29 is 4.39 Å². The number of aryl methyl sites for hydroxylation is 1. The van der Waals surface area contributed by atoms with Gasteiger partial charge >= 0.3 is 0 Å². The van der Waals surface area contributed by atoms with Gasteiger partial charge in [-0.1, -0.05) is 23.2 Å². The molecule has 0 radical (unpaired) electrons. The van der Waals surface area contributed by atoms with Gasteiger partial charge in [0, 0.05) is 4.88 Å². The molecule has 0 atom stereocenters. The van der Waals surface area contributed by atoms with E-state index in [-0.39, 0.29) is 10.0 Å². The van der Waals surface area contributed by atoms with E-state index in [1.165, 1.54) is 12.1 Å². The first-order valence-corrected chi connectivity index (χ1v) is 6.49. The van der Waals surface area contributed by atoms with Gasteiger partial charge in [0.25, 0.3) is 0 Å². The minimum Gasteiger partial charge on any atom is -0.378 e. The molecule has 0 fully saturated rings. The van der Waals surface area contributed by atoms with Gasteiger partial charge in [0.15, 0.2) is 0 Å². The largest absolute Gasteiger partial charge is 0.378 e. The number of hydrogen-bond acceptors (Lipinski definition) is 3. The maximum absolute atomic E-state index is 13.0. The van der Waals surface area contributed by atoms with Crippen molar-refractivity contribution >= 4 is 40.2 Å². The number of thiazole rings is 1. The first-order valence-electron chi connectivity index (χ1n) is 4.85. The second kappa shape index (κ2) is 5.21. The summed E-state index contributed by atoms with van der Waals surface area (Å²) < 4.78 is 13.0. The number of nitrogens with one attached hydrogen (secondary N) is 1. The summed E-state index contributed by atoms with van der Waals surface area (Å²) in [7, 11) is 0. The number of nitrogens with zero attached hydrogens (tertiary/aromatic N) is 1. The number of hydrogen-bond donors (Lipinski definition) is 1. The first kappa shape index (κ1) is 12.6. The van der Waals surface area contributed by atoms with E-state index in [1.807, 2.05) is 6.92 Å². The highest BCUT2D eigenvalue weighted by atomic mass is 35.5. The Morgan fingerprint density at radius 2 is 2.00 bits per heavy atom. The van der Waals surface area contributed by atoms with E-state index >= 15 is 0 Å². The van der Waals surface area contributed by atoms with E-state index in [9.17, 15) is 4.39 Å². The summed E-state index contributed by atoms with van der Waals surface area (Å²) in [5.74, 6) is -0.445.